The molecule has 0 N–H and O–H groups in total. The molecule has 1 rings (SSSR count). The van der Waals surface area contributed by atoms with Crippen molar-refractivity contribution < 1.29 is 23.9 Å². The molecule has 0 aromatic heterocycles. The first-order chi connectivity index (χ1) is 9.65. The van der Waals surface area contributed by atoms with Gasteiger partial charge in [-0.15, -0.1) is 0 Å². The Labute approximate surface area is 126 Å². The highest BCUT2D eigenvalue weighted by molar-refractivity contribution is 6.78. The lowest BCUT2D eigenvalue weighted by molar-refractivity contribution is -0.161. The first kappa shape index (κ1) is 17.4. The molecule has 1 heterocycles. The third-order valence-electron chi connectivity index (χ3n) is 3.76. The molecule has 1 aliphatic heterocycles. The van der Waals surface area contributed by atoms with Gasteiger partial charge in [0, 0.05) is 13.1 Å². The van der Waals surface area contributed by atoms with Crippen LogP contribution >= 0.6 is 0 Å². The summed E-state index contributed by atoms with van der Waals surface area (Å²) in [6.45, 7) is 7.67. The number of carbonyl (C=O) groups is 3. The molecule has 0 aromatic carbocycles. The van der Waals surface area contributed by atoms with E-state index in [4.69, 9.17) is 9.47 Å². The van der Waals surface area contributed by atoms with Crippen molar-refractivity contribution in [2.24, 2.45) is 5.92 Å². The minimum absolute atomic E-state index is 0.107. The second kappa shape index (κ2) is 6.42. The van der Waals surface area contributed by atoms with Crippen molar-refractivity contribution >= 4 is 25.9 Å². The van der Waals surface area contributed by atoms with E-state index in [1.807, 2.05) is 6.08 Å². The number of hydrogen-bond acceptors (Lipinski definition) is 5. The largest absolute Gasteiger partial charge is 0.469 e. The molecule has 0 unspecified atom stereocenters. The van der Waals surface area contributed by atoms with Crippen molar-refractivity contribution in [2.75, 3.05) is 14.2 Å². The van der Waals surface area contributed by atoms with Crippen LogP contribution in [0, 0.1) is 5.92 Å². The van der Waals surface area contributed by atoms with Crippen molar-refractivity contribution in [3.8, 4) is 0 Å². The molecule has 0 aromatic rings. The lowest BCUT2D eigenvalue weighted by Gasteiger charge is -2.42. The maximum absolute atomic E-state index is 12.2. The first-order valence-electron chi connectivity index (χ1n) is 6.78. The van der Waals surface area contributed by atoms with E-state index in [-0.39, 0.29) is 11.4 Å². The first-order valence-corrected chi connectivity index (χ1v) is 10.4. The lowest BCUT2D eigenvalue weighted by atomic mass is 9.91. The van der Waals surface area contributed by atoms with Crippen molar-refractivity contribution in [1.82, 2.24) is 4.90 Å². The van der Waals surface area contributed by atoms with Gasteiger partial charge in [0.25, 0.3) is 0 Å². The van der Waals surface area contributed by atoms with Crippen molar-refractivity contribution in [3.05, 3.63) is 12.3 Å². The molecule has 0 saturated carbocycles. The summed E-state index contributed by atoms with van der Waals surface area (Å²) in [5.41, 5.74) is -0.107. The van der Waals surface area contributed by atoms with Gasteiger partial charge < -0.3 is 14.4 Å². The van der Waals surface area contributed by atoms with Gasteiger partial charge in [0.2, 0.25) is 5.91 Å². The van der Waals surface area contributed by atoms with E-state index in [0.29, 0.717) is 0 Å². The van der Waals surface area contributed by atoms with Crippen LogP contribution < -0.4 is 0 Å². The fourth-order valence-corrected chi connectivity index (χ4v) is 4.75. The topological polar surface area (TPSA) is 72.9 Å². The fourth-order valence-electron chi connectivity index (χ4n) is 2.69. The lowest BCUT2D eigenvalue weighted by Crippen LogP contribution is -2.55. The van der Waals surface area contributed by atoms with Gasteiger partial charge in [-0.1, -0.05) is 25.7 Å². The van der Waals surface area contributed by atoms with Crippen LogP contribution in [0.2, 0.25) is 25.2 Å². The van der Waals surface area contributed by atoms with Crippen LogP contribution in [0.1, 0.15) is 6.92 Å². The van der Waals surface area contributed by atoms with Crippen LogP contribution in [-0.2, 0) is 23.9 Å². The molecule has 1 aliphatic rings. The molecule has 0 radical (unpaired) electrons. The molecule has 0 saturated heterocycles. The smallest absolute Gasteiger partial charge is 0.329 e. The molecule has 7 heteroatoms. The Morgan fingerprint density at radius 1 is 1.05 bits per heavy atom. The Morgan fingerprint density at radius 2 is 1.57 bits per heavy atom. The van der Waals surface area contributed by atoms with Crippen LogP contribution in [0.25, 0.3) is 0 Å². The Morgan fingerprint density at radius 3 is 1.95 bits per heavy atom. The van der Waals surface area contributed by atoms with E-state index >= 15 is 0 Å². The standard InChI is InChI=1S/C14H23NO5Si/c1-9(16)15-8-7-10(21(4,5)6)11(13(17)19-2)12(15)14(18)20-3/h7-8,10-12H,1-6H3/t10-,11-,12-/m0/s1. The van der Waals surface area contributed by atoms with Crippen LogP contribution in [-0.4, -0.2) is 51.1 Å². The van der Waals surface area contributed by atoms with Crippen LogP contribution in [0.5, 0.6) is 0 Å². The maximum atomic E-state index is 12.2. The van der Waals surface area contributed by atoms with E-state index in [9.17, 15) is 14.4 Å². The van der Waals surface area contributed by atoms with Crippen molar-refractivity contribution in [3.63, 3.8) is 0 Å². The number of methoxy groups -OCH3 is 2. The van der Waals surface area contributed by atoms with Gasteiger partial charge in [-0.3, -0.25) is 9.59 Å². The zero-order valence-electron chi connectivity index (χ0n) is 13.4. The number of carbonyl (C=O) groups excluding carboxylic acids is 3. The maximum Gasteiger partial charge on any atom is 0.329 e. The van der Waals surface area contributed by atoms with E-state index in [0.717, 1.165) is 0 Å². The zero-order valence-corrected chi connectivity index (χ0v) is 14.4. The Balaban J connectivity index is 3.40. The summed E-state index contributed by atoms with van der Waals surface area (Å²) in [7, 11) is 0.736. The average Bonchev–Trinajstić information content (AvgIpc) is 2.42. The number of hydrogen-bond donors (Lipinski definition) is 0. The molecule has 0 aliphatic carbocycles. The third kappa shape index (κ3) is 3.52. The molecular weight excluding hydrogens is 290 g/mol. The predicted octanol–water partition coefficient (Wildman–Crippen LogP) is 1.40. The highest BCUT2D eigenvalue weighted by atomic mass is 28.3. The number of nitrogens with zero attached hydrogens (tertiary/aromatic N) is 1. The highest BCUT2D eigenvalue weighted by Crippen LogP contribution is 2.40. The van der Waals surface area contributed by atoms with Gasteiger partial charge >= 0.3 is 11.9 Å². The summed E-state index contributed by atoms with van der Waals surface area (Å²) in [5, 5.41) is 0. The van der Waals surface area contributed by atoms with Crippen molar-refractivity contribution in [1.29, 1.82) is 0 Å². The monoisotopic (exact) mass is 313 g/mol. The summed E-state index contributed by atoms with van der Waals surface area (Å²) in [5.74, 6) is -2.14. The quantitative estimate of drug-likeness (QED) is 0.582. The summed E-state index contributed by atoms with van der Waals surface area (Å²) in [4.78, 5) is 37.4. The summed E-state index contributed by atoms with van der Waals surface area (Å²) in [6, 6.07) is -0.971. The molecule has 118 valence electrons. The molecule has 3 atom stereocenters. The fraction of sp³-hybridized carbons (Fsp3) is 0.643. The normalized spacial score (nSPS) is 25.4. The molecule has 0 spiro atoms. The molecule has 0 bridgehead atoms. The summed E-state index contributed by atoms with van der Waals surface area (Å²) in [6.07, 6.45) is 3.43. The van der Waals surface area contributed by atoms with Gasteiger partial charge in [-0.2, -0.15) is 0 Å². The molecule has 0 fully saturated rings. The van der Waals surface area contributed by atoms with E-state index in [1.54, 1.807) is 6.20 Å². The van der Waals surface area contributed by atoms with E-state index in [1.165, 1.54) is 26.0 Å². The summed E-state index contributed by atoms with van der Waals surface area (Å²) < 4.78 is 9.67. The minimum Gasteiger partial charge on any atom is -0.469 e. The number of esters is 2. The Kier molecular flexibility index (Phi) is 5.33. The minimum atomic E-state index is -1.80. The average molecular weight is 313 g/mol. The number of rotatable bonds is 3. The van der Waals surface area contributed by atoms with Crippen LogP contribution in [0.15, 0.2) is 12.3 Å². The van der Waals surface area contributed by atoms with Crippen molar-refractivity contribution in [2.45, 2.75) is 38.1 Å². The van der Waals surface area contributed by atoms with E-state index in [2.05, 4.69) is 19.6 Å². The zero-order chi connectivity index (χ0) is 16.4. The van der Waals surface area contributed by atoms with Gasteiger partial charge in [0.15, 0.2) is 0 Å². The third-order valence-corrected chi connectivity index (χ3v) is 6.31. The predicted molar refractivity (Wildman–Crippen MR) is 80.1 cm³/mol. The summed E-state index contributed by atoms with van der Waals surface area (Å²) >= 11 is 0. The highest BCUT2D eigenvalue weighted by Gasteiger charge is 2.50. The molecule has 6 nitrogen and oxygen atoms in total. The molecule has 1 amide bonds. The van der Waals surface area contributed by atoms with Gasteiger partial charge in [0.05, 0.1) is 28.2 Å². The number of amides is 1. The van der Waals surface area contributed by atoms with Crippen LogP contribution in [0.3, 0.4) is 0 Å². The molecular formula is C14H23NO5Si. The number of allylic oxidation sites excluding steroid dienone is 1. The van der Waals surface area contributed by atoms with Gasteiger partial charge in [-0.25, -0.2) is 4.79 Å². The Bertz CT molecular complexity index is 468. The van der Waals surface area contributed by atoms with Gasteiger partial charge in [0.1, 0.15) is 6.04 Å². The number of ether oxygens (including phenoxy) is 2. The second-order valence-corrected chi connectivity index (χ2v) is 11.6. The molecule has 21 heavy (non-hydrogen) atoms. The van der Waals surface area contributed by atoms with Crippen LogP contribution in [0.4, 0.5) is 0 Å². The van der Waals surface area contributed by atoms with E-state index < -0.39 is 32.0 Å². The second-order valence-electron chi connectivity index (χ2n) is 6.18. The SMILES string of the molecule is COC(=O)[C@@H]1[C@@H](C(=O)OC)N(C(C)=O)C=C[C@@H]1[Si](C)(C)C. The Hall–Kier alpha value is -1.63. The van der Waals surface area contributed by atoms with Gasteiger partial charge in [-0.05, 0) is 5.54 Å².